The summed E-state index contributed by atoms with van der Waals surface area (Å²) in [5, 5.41) is 0.682. The van der Waals surface area contributed by atoms with E-state index in [0.717, 1.165) is 18.4 Å². The van der Waals surface area contributed by atoms with Crippen molar-refractivity contribution in [3.63, 3.8) is 0 Å². The van der Waals surface area contributed by atoms with Gasteiger partial charge in [-0.3, -0.25) is 4.79 Å². The Morgan fingerprint density at radius 1 is 1.25 bits per heavy atom. The van der Waals surface area contributed by atoms with E-state index in [1.165, 1.54) is 0 Å². The lowest BCUT2D eigenvalue weighted by molar-refractivity contribution is -0.131. The summed E-state index contributed by atoms with van der Waals surface area (Å²) >= 11 is 5.84. The second kappa shape index (κ2) is 3.49. The molecule has 1 saturated carbocycles. The number of benzene rings is 1. The van der Waals surface area contributed by atoms with Crippen LogP contribution in [-0.2, 0) is 10.2 Å². The van der Waals surface area contributed by atoms with Gasteiger partial charge in [0.25, 0.3) is 0 Å². The molecule has 0 bridgehead atoms. The number of amides is 1. The van der Waals surface area contributed by atoms with E-state index >= 15 is 0 Å². The van der Waals surface area contributed by atoms with Gasteiger partial charge in [0.05, 0.1) is 5.41 Å². The Bertz CT molecular complexity index is 414. The Labute approximate surface area is 101 Å². The largest absolute Gasteiger partial charge is 0.369 e. The SMILES string of the molecule is CC1(C)CC(C(N)=O)(c2ccc(Cl)cc2)C1. The minimum Gasteiger partial charge on any atom is -0.369 e. The highest BCUT2D eigenvalue weighted by Crippen LogP contribution is 2.55. The third kappa shape index (κ3) is 1.71. The van der Waals surface area contributed by atoms with Gasteiger partial charge >= 0.3 is 0 Å². The zero-order valence-corrected chi connectivity index (χ0v) is 10.3. The van der Waals surface area contributed by atoms with E-state index in [9.17, 15) is 4.79 Å². The third-order valence-electron chi connectivity index (χ3n) is 3.43. The first-order valence-corrected chi connectivity index (χ1v) is 5.80. The van der Waals surface area contributed by atoms with E-state index in [1.54, 1.807) is 0 Å². The molecule has 0 aliphatic heterocycles. The summed E-state index contributed by atoms with van der Waals surface area (Å²) in [6.45, 7) is 4.31. The number of carbonyl (C=O) groups is 1. The Hall–Kier alpha value is -1.02. The molecule has 1 aromatic rings. The minimum absolute atomic E-state index is 0.203. The fraction of sp³-hybridized carbons (Fsp3) is 0.462. The maximum absolute atomic E-state index is 11.7. The second-order valence-corrected chi connectivity index (χ2v) is 5.91. The lowest BCUT2D eigenvalue weighted by Crippen LogP contribution is -2.54. The second-order valence-electron chi connectivity index (χ2n) is 5.47. The fourth-order valence-electron chi connectivity index (χ4n) is 2.87. The van der Waals surface area contributed by atoms with E-state index in [1.807, 2.05) is 24.3 Å². The maximum Gasteiger partial charge on any atom is 0.228 e. The van der Waals surface area contributed by atoms with E-state index in [-0.39, 0.29) is 11.3 Å². The molecule has 16 heavy (non-hydrogen) atoms. The molecule has 1 aliphatic rings. The minimum atomic E-state index is -0.478. The molecule has 1 aromatic carbocycles. The molecule has 1 aliphatic carbocycles. The first-order chi connectivity index (χ1) is 7.36. The first kappa shape index (κ1) is 11.5. The van der Waals surface area contributed by atoms with Crippen molar-refractivity contribution in [3.8, 4) is 0 Å². The molecule has 1 amide bonds. The highest BCUT2D eigenvalue weighted by atomic mass is 35.5. The monoisotopic (exact) mass is 237 g/mol. The quantitative estimate of drug-likeness (QED) is 0.845. The Kier molecular flexibility index (Phi) is 2.50. The number of hydrogen-bond acceptors (Lipinski definition) is 1. The smallest absolute Gasteiger partial charge is 0.228 e. The van der Waals surface area contributed by atoms with Crippen molar-refractivity contribution in [1.29, 1.82) is 0 Å². The molecule has 0 aromatic heterocycles. The summed E-state index contributed by atoms with van der Waals surface area (Å²) in [7, 11) is 0. The molecule has 2 N–H and O–H groups in total. The van der Waals surface area contributed by atoms with Crippen LogP contribution in [0.4, 0.5) is 0 Å². The molecule has 86 valence electrons. The summed E-state index contributed by atoms with van der Waals surface area (Å²) < 4.78 is 0. The van der Waals surface area contributed by atoms with Crippen LogP contribution in [0.5, 0.6) is 0 Å². The summed E-state index contributed by atoms with van der Waals surface area (Å²) in [4.78, 5) is 11.7. The average Bonchev–Trinajstić information content (AvgIpc) is 2.14. The fourth-order valence-corrected chi connectivity index (χ4v) is 3.00. The van der Waals surface area contributed by atoms with Crippen molar-refractivity contribution in [2.24, 2.45) is 11.1 Å². The van der Waals surface area contributed by atoms with E-state index in [0.29, 0.717) is 5.02 Å². The number of halogens is 1. The van der Waals surface area contributed by atoms with Crippen molar-refractivity contribution >= 4 is 17.5 Å². The third-order valence-corrected chi connectivity index (χ3v) is 3.68. The number of primary amides is 1. The summed E-state index contributed by atoms with van der Waals surface area (Å²) in [5.41, 5.74) is 6.27. The van der Waals surface area contributed by atoms with Gasteiger partial charge in [0.1, 0.15) is 0 Å². The van der Waals surface area contributed by atoms with Crippen LogP contribution in [0.3, 0.4) is 0 Å². The Morgan fingerprint density at radius 2 is 1.75 bits per heavy atom. The number of hydrogen-bond donors (Lipinski definition) is 1. The Morgan fingerprint density at radius 3 is 2.12 bits per heavy atom. The van der Waals surface area contributed by atoms with Crippen molar-refractivity contribution in [3.05, 3.63) is 34.9 Å². The van der Waals surface area contributed by atoms with Crippen molar-refractivity contribution in [1.82, 2.24) is 0 Å². The van der Waals surface area contributed by atoms with Gasteiger partial charge < -0.3 is 5.73 Å². The van der Waals surface area contributed by atoms with Crippen LogP contribution < -0.4 is 5.73 Å². The van der Waals surface area contributed by atoms with Crippen molar-refractivity contribution < 1.29 is 4.79 Å². The predicted molar refractivity (Wildman–Crippen MR) is 65.3 cm³/mol. The number of rotatable bonds is 2. The molecule has 1 fully saturated rings. The zero-order valence-electron chi connectivity index (χ0n) is 9.59. The predicted octanol–water partition coefficient (Wildman–Crippen LogP) is 2.88. The standard InChI is InChI=1S/C13H16ClNO/c1-12(2)7-13(8-12,11(15)16)9-3-5-10(14)6-4-9/h3-6H,7-8H2,1-2H3,(H2,15,16). The van der Waals surface area contributed by atoms with Gasteiger partial charge in [-0.15, -0.1) is 0 Å². The van der Waals surface area contributed by atoms with E-state index in [2.05, 4.69) is 13.8 Å². The zero-order chi connectivity index (χ0) is 12.0. The molecule has 2 rings (SSSR count). The lowest BCUT2D eigenvalue weighted by Gasteiger charge is -2.51. The Balaban J connectivity index is 2.36. The van der Waals surface area contributed by atoms with Gasteiger partial charge in [-0.2, -0.15) is 0 Å². The topological polar surface area (TPSA) is 43.1 Å². The van der Waals surface area contributed by atoms with Gasteiger partial charge in [0.15, 0.2) is 0 Å². The van der Waals surface area contributed by atoms with Crippen LogP contribution in [0.15, 0.2) is 24.3 Å². The molecule has 0 spiro atoms. The molecular weight excluding hydrogens is 222 g/mol. The van der Waals surface area contributed by atoms with Gasteiger partial charge in [0, 0.05) is 5.02 Å². The van der Waals surface area contributed by atoms with Crippen LogP contribution >= 0.6 is 11.6 Å². The summed E-state index contributed by atoms with van der Waals surface area (Å²) in [5.74, 6) is -0.228. The number of carbonyl (C=O) groups excluding carboxylic acids is 1. The van der Waals surface area contributed by atoms with Crippen LogP contribution in [0.25, 0.3) is 0 Å². The van der Waals surface area contributed by atoms with Gasteiger partial charge in [-0.05, 0) is 36.0 Å². The first-order valence-electron chi connectivity index (χ1n) is 5.42. The van der Waals surface area contributed by atoms with Gasteiger partial charge in [0.2, 0.25) is 5.91 Å². The highest BCUT2D eigenvalue weighted by Gasteiger charge is 2.54. The molecule has 0 saturated heterocycles. The normalized spacial score (nSPS) is 21.2. The van der Waals surface area contributed by atoms with E-state index in [4.69, 9.17) is 17.3 Å². The highest BCUT2D eigenvalue weighted by molar-refractivity contribution is 6.30. The van der Waals surface area contributed by atoms with E-state index < -0.39 is 5.41 Å². The average molecular weight is 238 g/mol. The maximum atomic E-state index is 11.7. The molecule has 2 nitrogen and oxygen atoms in total. The summed E-state index contributed by atoms with van der Waals surface area (Å²) in [6.07, 6.45) is 1.63. The molecule has 0 heterocycles. The van der Waals surface area contributed by atoms with Crippen LogP contribution in [-0.4, -0.2) is 5.91 Å². The molecule has 3 heteroatoms. The van der Waals surface area contributed by atoms with Crippen LogP contribution in [0.2, 0.25) is 5.02 Å². The van der Waals surface area contributed by atoms with Gasteiger partial charge in [-0.1, -0.05) is 37.6 Å². The molecule has 0 radical (unpaired) electrons. The van der Waals surface area contributed by atoms with Gasteiger partial charge in [-0.25, -0.2) is 0 Å². The number of nitrogens with two attached hydrogens (primary N) is 1. The van der Waals surface area contributed by atoms with Crippen molar-refractivity contribution in [2.45, 2.75) is 32.1 Å². The molecular formula is C13H16ClNO. The lowest BCUT2D eigenvalue weighted by atomic mass is 9.51. The van der Waals surface area contributed by atoms with Crippen LogP contribution in [0, 0.1) is 5.41 Å². The summed E-state index contributed by atoms with van der Waals surface area (Å²) in [6, 6.07) is 7.43. The molecule has 0 atom stereocenters. The molecule has 0 unspecified atom stereocenters. The van der Waals surface area contributed by atoms with Crippen LogP contribution in [0.1, 0.15) is 32.3 Å². The van der Waals surface area contributed by atoms with Crippen molar-refractivity contribution in [2.75, 3.05) is 0 Å².